The first-order chi connectivity index (χ1) is 7.67. The molecule has 0 heterocycles. The summed E-state index contributed by atoms with van der Waals surface area (Å²) < 4.78 is 1.21. The Labute approximate surface area is 107 Å². The van der Waals surface area contributed by atoms with Gasteiger partial charge in [0.05, 0.1) is 0 Å². The van der Waals surface area contributed by atoms with Crippen LogP contribution in [-0.2, 0) is 13.1 Å². The van der Waals surface area contributed by atoms with Crippen LogP contribution in [-0.4, -0.2) is 25.0 Å². The molecule has 0 aromatic heterocycles. The number of hydrogen-bond acceptors (Lipinski definition) is 2. The van der Waals surface area contributed by atoms with Crippen LogP contribution in [0.15, 0.2) is 22.7 Å². The van der Waals surface area contributed by atoms with Crippen LogP contribution in [0.3, 0.4) is 0 Å². The third kappa shape index (κ3) is 4.24. The summed E-state index contributed by atoms with van der Waals surface area (Å²) in [5, 5.41) is 3.33. The van der Waals surface area contributed by atoms with E-state index in [1.165, 1.54) is 15.6 Å². The lowest BCUT2D eigenvalue weighted by atomic mass is 10.1. The molecule has 1 N–H and O–H groups in total. The molecule has 0 atom stereocenters. The van der Waals surface area contributed by atoms with E-state index in [0.29, 0.717) is 0 Å². The van der Waals surface area contributed by atoms with Crippen molar-refractivity contribution in [2.45, 2.75) is 26.9 Å². The van der Waals surface area contributed by atoms with E-state index in [2.05, 4.69) is 65.2 Å². The van der Waals surface area contributed by atoms with Gasteiger partial charge in [-0.2, -0.15) is 0 Å². The molecule has 0 aliphatic rings. The summed E-state index contributed by atoms with van der Waals surface area (Å²) in [7, 11) is 2.14. The van der Waals surface area contributed by atoms with Crippen LogP contribution in [0.4, 0.5) is 0 Å². The first-order valence-corrected chi connectivity index (χ1v) is 6.63. The maximum absolute atomic E-state index is 3.64. The standard InChI is InChI=1S/C13H21BrN2/c1-4-15-9-11-6-7-12(13(14)8-11)10-16(3)5-2/h6-8,15H,4-5,9-10H2,1-3H3. The number of rotatable bonds is 6. The first kappa shape index (κ1) is 13.7. The Morgan fingerprint density at radius 2 is 2.06 bits per heavy atom. The molecule has 0 aliphatic heterocycles. The molecule has 1 aromatic rings. The maximum Gasteiger partial charge on any atom is 0.0241 e. The van der Waals surface area contributed by atoms with Crippen molar-refractivity contribution >= 4 is 15.9 Å². The third-order valence-electron chi connectivity index (χ3n) is 2.68. The summed E-state index contributed by atoms with van der Waals surface area (Å²) in [4.78, 5) is 2.30. The Balaban J connectivity index is 2.67. The van der Waals surface area contributed by atoms with Gasteiger partial charge in [-0.15, -0.1) is 0 Å². The molecule has 0 unspecified atom stereocenters. The third-order valence-corrected chi connectivity index (χ3v) is 3.41. The Kier molecular flexibility index (Phi) is 6.03. The lowest BCUT2D eigenvalue weighted by molar-refractivity contribution is 0.345. The molecule has 0 saturated heterocycles. The van der Waals surface area contributed by atoms with Crippen LogP contribution >= 0.6 is 15.9 Å². The van der Waals surface area contributed by atoms with E-state index in [-0.39, 0.29) is 0 Å². The number of nitrogens with one attached hydrogen (secondary N) is 1. The van der Waals surface area contributed by atoms with E-state index in [4.69, 9.17) is 0 Å². The van der Waals surface area contributed by atoms with E-state index >= 15 is 0 Å². The Hall–Kier alpha value is -0.380. The minimum atomic E-state index is 0.943. The Morgan fingerprint density at radius 3 is 2.62 bits per heavy atom. The predicted molar refractivity (Wildman–Crippen MR) is 73.5 cm³/mol. The van der Waals surface area contributed by atoms with Crippen molar-refractivity contribution in [1.82, 2.24) is 10.2 Å². The maximum atomic E-state index is 3.64. The van der Waals surface area contributed by atoms with Crippen molar-refractivity contribution in [3.8, 4) is 0 Å². The Morgan fingerprint density at radius 1 is 1.31 bits per heavy atom. The van der Waals surface area contributed by atoms with Gasteiger partial charge in [0, 0.05) is 17.6 Å². The number of nitrogens with zero attached hydrogens (tertiary/aromatic N) is 1. The molecule has 3 heteroatoms. The van der Waals surface area contributed by atoms with E-state index in [9.17, 15) is 0 Å². The monoisotopic (exact) mass is 284 g/mol. The highest BCUT2D eigenvalue weighted by Crippen LogP contribution is 2.20. The lowest BCUT2D eigenvalue weighted by Crippen LogP contribution is -2.17. The predicted octanol–water partition coefficient (Wildman–Crippen LogP) is 3.01. The average molecular weight is 285 g/mol. The van der Waals surface area contributed by atoms with Gasteiger partial charge in [-0.3, -0.25) is 0 Å². The zero-order valence-corrected chi connectivity index (χ0v) is 12.0. The molecule has 0 spiro atoms. The van der Waals surface area contributed by atoms with Crippen molar-refractivity contribution in [2.75, 3.05) is 20.1 Å². The van der Waals surface area contributed by atoms with Gasteiger partial charge in [0.1, 0.15) is 0 Å². The largest absolute Gasteiger partial charge is 0.313 e. The van der Waals surface area contributed by atoms with E-state index < -0.39 is 0 Å². The smallest absolute Gasteiger partial charge is 0.0241 e. The quantitative estimate of drug-likeness (QED) is 0.864. The molecule has 90 valence electrons. The highest BCUT2D eigenvalue weighted by molar-refractivity contribution is 9.10. The van der Waals surface area contributed by atoms with Crippen molar-refractivity contribution in [3.63, 3.8) is 0 Å². The molecule has 16 heavy (non-hydrogen) atoms. The molecule has 0 saturated carbocycles. The van der Waals surface area contributed by atoms with Gasteiger partial charge in [0.2, 0.25) is 0 Å². The fourth-order valence-corrected chi connectivity index (χ4v) is 2.05. The normalized spacial score (nSPS) is 11.1. The van der Waals surface area contributed by atoms with Crippen molar-refractivity contribution in [1.29, 1.82) is 0 Å². The fraction of sp³-hybridized carbons (Fsp3) is 0.538. The van der Waals surface area contributed by atoms with Crippen LogP contribution < -0.4 is 5.32 Å². The zero-order chi connectivity index (χ0) is 12.0. The van der Waals surface area contributed by atoms with Gasteiger partial charge in [0.15, 0.2) is 0 Å². The average Bonchev–Trinajstić information content (AvgIpc) is 2.29. The number of hydrogen-bond donors (Lipinski definition) is 1. The Bertz CT molecular complexity index is 326. The first-order valence-electron chi connectivity index (χ1n) is 5.84. The second-order valence-electron chi connectivity index (χ2n) is 4.04. The fourth-order valence-electron chi connectivity index (χ4n) is 1.50. The van der Waals surface area contributed by atoms with Gasteiger partial charge >= 0.3 is 0 Å². The summed E-state index contributed by atoms with van der Waals surface area (Å²) in [6, 6.07) is 6.62. The summed E-state index contributed by atoms with van der Waals surface area (Å²) in [6.07, 6.45) is 0. The SMILES string of the molecule is CCNCc1ccc(CN(C)CC)c(Br)c1. The van der Waals surface area contributed by atoms with Crippen LogP contribution in [0.2, 0.25) is 0 Å². The highest BCUT2D eigenvalue weighted by Gasteiger charge is 2.03. The summed E-state index contributed by atoms with van der Waals surface area (Å²) in [5.74, 6) is 0. The van der Waals surface area contributed by atoms with Gasteiger partial charge in [0.25, 0.3) is 0 Å². The summed E-state index contributed by atoms with van der Waals surface area (Å²) in [5.41, 5.74) is 2.68. The van der Waals surface area contributed by atoms with E-state index in [1.54, 1.807) is 0 Å². The van der Waals surface area contributed by atoms with Crippen molar-refractivity contribution in [2.24, 2.45) is 0 Å². The molecular weight excluding hydrogens is 264 g/mol. The van der Waals surface area contributed by atoms with Gasteiger partial charge in [-0.1, -0.05) is 41.9 Å². The second-order valence-corrected chi connectivity index (χ2v) is 4.89. The molecule has 0 fully saturated rings. The van der Waals surface area contributed by atoms with Gasteiger partial charge < -0.3 is 10.2 Å². The minimum absolute atomic E-state index is 0.943. The van der Waals surface area contributed by atoms with Gasteiger partial charge in [-0.25, -0.2) is 0 Å². The molecule has 0 radical (unpaired) electrons. The van der Waals surface area contributed by atoms with Gasteiger partial charge in [-0.05, 0) is 37.3 Å². The molecule has 1 rings (SSSR count). The molecular formula is C13H21BrN2. The molecule has 0 amide bonds. The van der Waals surface area contributed by atoms with Crippen molar-refractivity contribution in [3.05, 3.63) is 33.8 Å². The second kappa shape index (κ2) is 7.05. The lowest BCUT2D eigenvalue weighted by Gasteiger charge is -2.15. The van der Waals surface area contributed by atoms with Crippen LogP contribution in [0.5, 0.6) is 0 Å². The van der Waals surface area contributed by atoms with Crippen LogP contribution in [0, 0.1) is 0 Å². The topological polar surface area (TPSA) is 15.3 Å². The minimum Gasteiger partial charge on any atom is -0.313 e. The van der Waals surface area contributed by atoms with E-state index in [0.717, 1.165) is 26.2 Å². The summed E-state index contributed by atoms with van der Waals surface area (Å²) in [6.45, 7) is 8.33. The molecule has 2 nitrogen and oxygen atoms in total. The van der Waals surface area contributed by atoms with Crippen LogP contribution in [0.1, 0.15) is 25.0 Å². The number of halogens is 1. The molecule has 1 aromatic carbocycles. The highest BCUT2D eigenvalue weighted by atomic mass is 79.9. The summed E-state index contributed by atoms with van der Waals surface area (Å²) >= 11 is 3.64. The van der Waals surface area contributed by atoms with E-state index in [1.807, 2.05) is 0 Å². The van der Waals surface area contributed by atoms with Crippen LogP contribution in [0.25, 0.3) is 0 Å². The number of benzene rings is 1. The zero-order valence-electron chi connectivity index (χ0n) is 10.4. The van der Waals surface area contributed by atoms with Crippen molar-refractivity contribution < 1.29 is 0 Å². The molecule has 0 aliphatic carbocycles. The molecule has 0 bridgehead atoms.